The van der Waals surface area contributed by atoms with Gasteiger partial charge in [0.25, 0.3) is 0 Å². The number of primary amides is 1. The van der Waals surface area contributed by atoms with Gasteiger partial charge in [0, 0.05) is 35.8 Å². The summed E-state index contributed by atoms with van der Waals surface area (Å²) in [6.45, 7) is 0.662. The normalized spacial score (nSPS) is 19.3. The van der Waals surface area contributed by atoms with Crippen molar-refractivity contribution in [3.05, 3.63) is 81.9 Å². The number of amides is 2. The Balaban J connectivity index is 1.53. The first kappa shape index (κ1) is 30.5. The second-order valence-electron chi connectivity index (χ2n) is 10.2. The van der Waals surface area contributed by atoms with E-state index in [1.54, 1.807) is 24.3 Å². The number of methoxy groups -OCH3 is 1. The number of carbonyl (C=O) groups is 2. The highest BCUT2D eigenvalue weighted by Gasteiger charge is 2.44. The van der Waals surface area contributed by atoms with Crippen LogP contribution in [0.15, 0.2) is 48.5 Å². The molecule has 0 aliphatic carbocycles. The van der Waals surface area contributed by atoms with E-state index in [0.29, 0.717) is 17.7 Å². The van der Waals surface area contributed by atoms with Crippen LogP contribution in [0.4, 0.5) is 13.6 Å². The molecule has 43 heavy (non-hydrogen) atoms. The zero-order valence-corrected chi connectivity index (χ0v) is 24.2. The van der Waals surface area contributed by atoms with Crippen LogP contribution in [0, 0.1) is 11.6 Å². The van der Waals surface area contributed by atoms with E-state index in [0.717, 1.165) is 25.3 Å². The smallest absolute Gasteiger partial charge is 0.407 e. The van der Waals surface area contributed by atoms with Crippen molar-refractivity contribution in [3.8, 4) is 22.6 Å². The number of nitrogens with one attached hydrogen (secondary N) is 1. The van der Waals surface area contributed by atoms with Crippen LogP contribution in [-0.4, -0.2) is 51.8 Å². The topological polar surface area (TPSA) is 118 Å². The minimum atomic E-state index is -1.24. The maximum atomic E-state index is 16.3. The van der Waals surface area contributed by atoms with Gasteiger partial charge in [0.1, 0.15) is 18.2 Å². The molecule has 228 valence electrons. The Hall–Kier alpha value is -3.93. The first-order valence-electron chi connectivity index (χ1n) is 13.8. The molecule has 1 fully saturated rings. The Morgan fingerprint density at radius 3 is 2.60 bits per heavy atom. The number of ether oxygens (including phenoxy) is 5. The summed E-state index contributed by atoms with van der Waals surface area (Å²) >= 11 is 6.50. The van der Waals surface area contributed by atoms with E-state index in [1.807, 2.05) is 6.07 Å². The van der Waals surface area contributed by atoms with Crippen molar-refractivity contribution in [1.29, 1.82) is 0 Å². The number of fused-ring (bicyclic) bond motifs is 1. The first-order chi connectivity index (χ1) is 20.7. The van der Waals surface area contributed by atoms with Crippen molar-refractivity contribution in [3.63, 3.8) is 0 Å². The summed E-state index contributed by atoms with van der Waals surface area (Å²) in [6, 6.07) is 12.6. The highest BCUT2D eigenvalue weighted by molar-refractivity contribution is 6.34. The molecule has 3 aromatic carbocycles. The number of hydrogen-bond donors (Lipinski definition) is 2. The largest absolute Gasteiger partial charge is 0.488 e. The van der Waals surface area contributed by atoms with E-state index in [2.05, 4.69) is 5.32 Å². The summed E-state index contributed by atoms with van der Waals surface area (Å²) in [5.41, 5.74) is 4.72. The van der Waals surface area contributed by atoms with Crippen molar-refractivity contribution in [2.75, 3.05) is 33.5 Å². The maximum Gasteiger partial charge on any atom is 0.407 e. The molecule has 0 saturated carbocycles. The third-order valence-corrected chi connectivity index (χ3v) is 7.83. The van der Waals surface area contributed by atoms with Gasteiger partial charge in [-0.15, -0.1) is 0 Å². The van der Waals surface area contributed by atoms with Crippen LogP contribution in [0.5, 0.6) is 11.5 Å². The fourth-order valence-electron chi connectivity index (χ4n) is 5.38. The summed E-state index contributed by atoms with van der Waals surface area (Å²) in [6.07, 6.45) is 1.71. The van der Waals surface area contributed by atoms with Crippen molar-refractivity contribution in [1.82, 2.24) is 5.32 Å². The van der Waals surface area contributed by atoms with Crippen LogP contribution in [0.3, 0.4) is 0 Å². The van der Waals surface area contributed by atoms with Gasteiger partial charge >= 0.3 is 6.09 Å². The van der Waals surface area contributed by atoms with Crippen molar-refractivity contribution < 1.29 is 42.1 Å². The number of hydrogen-bond acceptors (Lipinski definition) is 7. The van der Waals surface area contributed by atoms with Gasteiger partial charge in [-0.1, -0.05) is 41.9 Å². The fourth-order valence-corrected chi connectivity index (χ4v) is 5.65. The predicted molar refractivity (Wildman–Crippen MR) is 153 cm³/mol. The zero-order chi connectivity index (χ0) is 30.6. The van der Waals surface area contributed by atoms with Crippen molar-refractivity contribution in [2.24, 2.45) is 5.73 Å². The average molecular weight is 617 g/mol. The highest BCUT2D eigenvalue weighted by Crippen LogP contribution is 2.50. The van der Waals surface area contributed by atoms with E-state index >= 15 is 8.78 Å². The molecular formula is C31H31ClF2N2O7. The molecule has 0 radical (unpaired) electrons. The average Bonchev–Trinajstić information content (AvgIpc) is 3.39. The molecule has 0 unspecified atom stereocenters. The molecule has 2 atom stereocenters. The molecule has 12 heteroatoms. The molecule has 0 spiro atoms. The molecule has 2 aliphatic rings. The zero-order valence-electron chi connectivity index (χ0n) is 23.4. The minimum Gasteiger partial charge on any atom is -0.488 e. The molecule has 9 nitrogen and oxygen atoms in total. The summed E-state index contributed by atoms with van der Waals surface area (Å²) in [7, 11) is 1.22. The van der Waals surface area contributed by atoms with Crippen LogP contribution < -0.4 is 20.5 Å². The monoisotopic (exact) mass is 616 g/mol. The number of halogens is 3. The molecular weight excluding hydrogens is 586 g/mol. The number of benzene rings is 3. The van der Waals surface area contributed by atoms with Crippen LogP contribution in [-0.2, 0) is 26.2 Å². The lowest BCUT2D eigenvalue weighted by Gasteiger charge is -2.29. The molecule has 0 bridgehead atoms. The number of alkyl carbamates (subject to hydrolysis) is 1. The second-order valence-corrected chi connectivity index (χ2v) is 10.6. The Morgan fingerprint density at radius 2 is 1.91 bits per heavy atom. The van der Waals surface area contributed by atoms with Crippen LogP contribution >= 0.6 is 11.6 Å². The number of nitrogens with two attached hydrogens (primary N) is 1. The third kappa shape index (κ3) is 6.39. The van der Waals surface area contributed by atoms with E-state index in [-0.39, 0.29) is 60.7 Å². The first-order valence-corrected chi connectivity index (χ1v) is 14.2. The van der Waals surface area contributed by atoms with Crippen LogP contribution in [0.25, 0.3) is 11.1 Å². The molecule has 3 aromatic rings. The van der Waals surface area contributed by atoms with Crippen LogP contribution in [0.1, 0.15) is 40.7 Å². The van der Waals surface area contributed by atoms with E-state index in [4.69, 9.17) is 41.0 Å². The van der Waals surface area contributed by atoms with Gasteiger partial charge in [-0.05, 0) is 37.0 Å². The standard InChI is InChI=1S/C31H31ClF2N2O7/c1-39-30(38)36-17-31(18-7-3-2-4-8-18)16-20-23(43-31)15-21(33)27(32)25(20)26-19(29(35)37)10-11-22(28(26)34)40-13-14-42-24-9-5-6-12-41-24/h2-4,7-8,10-11,15,24H,5-6,9,12-14,16-17H2,1H3,(H2,35,37)(H,36,38)/t24-,31+/m0/s1. The lowest BCUT2D eigenvalue weighted by Crippen LogP contribution is -2.44. The van der Waals surface area contributed by atoms with Gasteiger partial charge in [0.15, 0.2) is 23.5 Å². The third-order valence-electron chi connectivity index (χ3n) is 7.46. The van der Waals surface area contributed by atoms with Gasteiger partial charge in [-0.25, -0.2) is 13.6 Å². The van der Waals surface area contributed by atoms with Gasteiger partial charge < -0.3 is 34.7 Å². The number of rotatable bonds is 10. The van der Waals surface area contributed by atoms with Gasteiger partial charge in [-0.3, -0.25) is 4.79 Å². The fraction of sp³-hybridized carbons (Fsp3) is 0.355. The van der Waals surface area contributed by atoms with Crippen molar-refractivity contribution >= 4 is 23.6 Å². The Labute approximate surface area is 252 Å². The molecule has 2 heterocycles. The molecule has 3 N–H and O–H groups in total. The van der Waals surface area contributed by atoms with E-state index in [9.17, 15) is 9.59 Å². The summed E-state index contributed by atoms with van der Waals surface area (Å²) in [5, 5.41) is 2.21. The summed E-state index contributed by atoms with van der Waals surface area (Å²) in [4.78, 5) is 24.5. The molecule has 1 saturated heterocycles. The molecule has 0 aromatic heterocycles. The SMILES string of the molecule is COC(=O)NC[C@@]1(c2ccccc2)Cc2c(cc(F)c(Cl)c2-c2c(C(N)=O)ccc(OCCO[C@H]3CCCCO3)c2F)O1. The highest BCUT2D eigenvalue weighted by atomic mass is 35.5. The second kappa shape index (κ2) is 13.2. The summed E-state index contributed by atoms with van der Waals surface area (Å²) in [5.74, 6) is -2.95. The molecule has 2 aliphatic heterocycles. The maximum absolute atomic E-state index is 16.3. The van der Waals surface area contributed by atoms with Gasteiger partial charge in [-0.2, -0.15) is 0 Å². The quantitative estimate of drug-likeness (QED) is 0.289. The number of carbonyl (C=O) groups excluding carboxylic acids is 2. The Kier molecular flexibility index (Phi) is 9.34. The van der Waals surface area contributed by atoms with Gasteiger partial charge in [0.2, 0.25) is 5.91 Å². The Morgan fingerprint density at radius 1 is 1.12 bits per heavy atom. The summed E-state index contributed by atoms with van der Waals surface area (Å²) < 4.78 is 59.5. The lowest BCUT2D eigenvalue weighted by molar-refractivity contribution is -0.165. The predicted octanol–water partition coefficient (Wildman–Crippen LogP) is 5.49. The molecule has 5 rings (SSSR count). The Bertz CT molecular complexity index is 1500. The van der Waals surface area contributed by atoms with Crippen molar-refractivity contribution in [2.45, 2.75) is 37.6 Å². The van der Waals surface area contributed by atoms with Crippen LogP contribution in [0.2, 0.25) is 5.02 Å². The van der Waals surface area contributed by atoms with Gasteiger partial charge in [0.05, 0.1) is 30.8 Å². The molecule has 2 amide bonds. The minimum absolute atomic E-state index is 0.0133. The lowest BCUT2D eigenvalue weighted by atomic mass is 9.85. The van der Waals surface area contributed by atoms with E-state index in [1.165, 1.54) is 19.2 Å². The van der Waals surface area contributed by atoms with E-state index < -0.39 is 34.3 Å².